The van der Waals surface area contributed by atoms with Crippen molar-refractivity contribution in [1.29, 1.82) is 0 Å². The summed E-state index contributed by atoms with van der Waals surface area (Å²) >= 11 is 6.29. The molecule has 0 unspecified atom stereocenters. The molecule has 1 N–H and O–H groups in total. The zero-order valence-corrected chi connectivity index (χ0v) is 25.5. The lowest BCUT2D eigenvalue weighted by Gasteiger charge is -2.34. The van der Waals surface area contributed by atoms with Gasteiger partial charge in [0.15, 0.2) is 0 Å². The summed E-state index contributed by atoms with van der Waals surface area (Å²) in [6.45, 7) is 10.8. The SMILES string of the molecule is CC[C@H](C(=O)NC(C)C)N(Cc1ccc(C)cc1)C(=O)CN(c1cc(Cl)ccc1C)S(=O)(=O)c1ccc(C)cc1. The minimum absolute atomic E-state index is 0.0555. The number of carbonyl (C=O) groups excluding carboxylic acids is 2. The van der Waals surface area contributed by atoms with Gasteiger partial charge in [-0.15, -0.1) is 0 Å². The Morgan fingerprint density at radius 3 is 2.02 bits per heavy atom. The number of hydrogen-bond donors (Lipinski definition) is 1. The number of carbonyl (C=O) groups is 2. The maximum absolute atomic E-state index is 14.1. The van der Waals surface area contributed by atoms with Crippen molar-refractivity contribution in [1.82, 2.24) is 10.2 Å². The van der Waals surface area contributed by atoms with E-state index in [1.807, 2.05) is 58.9 Å². The van der Waals surface area contributed by atoms with Crippen molar-refractivity contribution in [3.05, 3.63) is 94.0 Å². The number of sulfonamides is 1. The highest BCUT2D eigenvalue weighted by atomic mass is 35.5. The fourth-order valence-electron chi connectivity index (χ4n) is 4.39. The summed E-state index contributed by atoms with van der Waals surface area (Å²) in [7, 11) is -4.16. The van der Waals surface area contributed by atoms with E-state index >= 15 is 0 Å². The second-order valence-corrected chi connectivity index (χ2v) is 12.6. The van der Waals surface area contributed by atoms with E-state index in [1.54, 1.807) is 37.3 Å². The molecule has 3 aromatic carbocycles. The van der Waals surface area contributed by atoms with Gasteiger partial charge in [-0.05, 0) is 76.4 Å². The highest BCUT2D eigenvalue weighted by Gasteiger charge is 2.34. The van der Waals surface area contributed by atoms with Crippen molar-refractivity contribution in [2.45, 2.75) is 71.5 Å². The first-order chi connectivity index (χ1) is 18.8. The standard InChI is InChI=1S/C31H38ClN3O4S/c1-7-28(31(37)33-21(2)3)34(19-25-13-8-22(4)9-14-25)30(36)20-35(29-18-26(32)15-12-24(29)6)40(38,39)27-16-10-23(5)11-17-27/h8-18,21,28H,7,19-20H2,1-6H3,(H,33,37)/t28-/m1/s1. The van der Waals surface area contributed by atoms with Crippen LogP contribution < -0.4 is 9.62 Å². The molecule has 0 aliphatic rings. The summed E-state index contributed by atoms with van der Waals surface area (Å²) in [6.07, 6.45) is 0.358. The van der Waals surface area contributed by atoms with E-state index in [-0.39, 0.29) is 23.4 Å². The molecule has 3 rings (SSSR count). The van der Waals surface area contributed by atoms with Gasteiger partial charge in [-0.25, -0.2) is 8.42 Å². The van der Waals surface area contributed by atoms with Crippen LogP contribution in [0.25, 0.3) is 0 Å². The highest BCUT2D eigenvalue weighted by molar-refractivity contribution is 7.92. The molecule has 0 fully saturated rings. The molecule has 0 bridgehead atoms. The Balaban J connectivity index is 2.10. The number of hydrogen-bond acceptors (Lipinski definition) is 4. The Bertz CT molecular complexity index is 1440. The average Bonchev–Trinajstić information content (AvgIpc) is 2.89. The molecule has 0 aliphatic heterocycles. The maximum atomic E-state index is 14.1. The van der Waals surface area contributed by atoms with Crippen LogP contribution in [0.5, 0.6) is 0 Å². The first-order valence-corrected chi connectivity index (χ1v) is 15.2. The van der Waals surface area contributed by atoms with Gasteiger partial charge in [0.2, 0.25) is 11.8 Å². The molecular formula is C31H38ClN3O4S. The van der Waals surface area contributed by atoms with Gasteiger partial charge in [0.05, 0.1) is 10.6 Å². The number of anilines is 1. The summed E-state index contributed by atoms with van der Waals surface area (Å²) < 4.78 is 29.1. The minimum Gasteiger partial charge on any atom is -0.352 e. The Morgan fingerprint density at radius 1 is 0.900 bits per heavy atom. The van der Waals surface area contributed by atoms with Crippen molar-refractivity contribution < 1.29 is 18.0 Å². The molecule has 0 heterocycles. The van der Waals surface area contributed by atoms with Crippen molar-refractivity contribution in [2.24, 2.45) is 0 Å². The molecule has 0 aromatic heterocycles. The van der Waals surface area contributed by atoms with Crippen LogP contribution in [0.1, 0.15) is 49.4 Å². The van der Waals surface area contributed by atoms with Gasteiger partial charge in [-0.2, -0.15) is 0 Å². The monoisotopic (exact) mass is 583 g/mol. The number of halogens is 1. The van der Waals surface area contributed by atoms with Gasteiger partial charge in [0.1, 0.15) is 12.6 Å². The fraction of sp³-hybridized carbons (Fsp3) is 0.355. The first kappa shape index (κ1) is 31.2. The van der Waals surface area contributed by atoms with Crippen LogP contribution in [0.4, 0.5) is 5.69 Å². The summed E-state index contributed by atoms with van der Waals surface area (Å²) in [6, 6.07) is 18.2. The zero-order chi connectivity index (χ0) is 29.6. The second-order valence-electron chi connectivity index (χ2n) is 10.4. The molecule has 3 aromatic rings. The van der Waals surface area contributed by atoms with E-state index in [0.29, 0.717) is 22.7 Å². The Morgan fingerprint density at radius 2 is 1.48 bits per heavy atom. The largest absolute Gasteiger partial charge is 0.352 e. The molecule has 9 heteroatoms. The lowest BCUT2D eigenvalue weighted by atomic mass is 10.1. The number of amides is 2. The Labute approximate surface area is 243 Å². The molecule has 0 saturated carbocycles. The predicted octanol–water partition coefficient (Wildman–Crippen LogP) is 5.79. The molecule has 0 spiro atoms. The summed E-state index contributed by atoms with van der Waals surface area (Å²) in [5, 5.41) is 3.25. The zero-order valence-electron chi connectivity index (χ0n) is 23.9. The lowest BCUT2D eigenvalue weighted by molar-refractivity contribution is -0.140. The van der Waals surface area contributed by atoms with Crippen molar-refractivity contribution in [3.63, 3.8) is 0 Å². The van der Waals surface area contributed by atoms with Crippen LogP contribution in [0.2, 0.25) is 5.02 Å². The van der Waals surface area contributed by atoms with Gasteiger partial charge in [-0.1, -0.05) is 72.1 Å². The number of aryl methyl sites for hydroxylation is 3. The lowest BCUT2D eigenvalue weighted by Crippen LogP contribution is -2.53. The maximum Gasteiger partial charge on any atom is 0.264 e. The van der Waals surface area contributed by atoms with Gasteiger partial charge in [0.25, 0.3) is 10.0 Å². The van der Waals surface area contributed by atoms with Gasteiger partial charge in [0, 0.05) is 17.6 Å². The molecule has 214 valence electrons. The van der Waals surface area contributed by atoms with Crippen LogP contribution >= 0.6 is 11.6 Å². The molecule has 0 aliphatic carbocycles. The molecule has 7 nitrogen and oxygen atoms in total. The van der Waals surface area contributed by atoms with E-state index < -0.39 is 28.5 Å². The van der Waals surface area contributed by atoms with Crippen molar-refractivity contribution in [2.75, 3.05) is 10.8 Å². The predicted molar refractivity (Wildman–Crippen MR) is 161 cm³/mol. The second kappa shape index (κ2) is 13.3. The van der Waals surface area contributed by atoms with E-state index in [1.165, 1.54) is 17.0 Å². The van der Waals surface area contributed by atoms with Gasteiger partial charge in [-0.3, -0.25) is 13.9 Å². The first-order valence-electron chi connectivity index (χ1n) is 13.3. The number of rotatable bonds is 11. The molecule has 2 amide bonds. The summed E-state index contributed by atoms with van der Waals surface area (Å²) in [5.74, 6) is -0.786. The van der Waals surface area contributed by atoms with Crippen molar-refractivity contribution in [3.8, 4) is 0 Å². The Hall–Kier alpha value is -3.36. The molecule has 40 heavy (non-hydrogen) atoms. The van der Waals surface area contributed by atoms with Gasteiger partial charge < -0.3 is 10.2 Å². The summed E-state index contributed by atoms with van der Waals surface area (Å²) in [4.78, 5) is 28.9. The van der Waals surface area contributed by atoms with Crippen molar-refractivity contribution >= 4 is 39.1 Å². The van der Waals surface area contributed by atoms with E-state index in [0.717, 1.165) is 21.0 Å². The van der Waals surface area contributed by atoms with Gasteiger partial charge >= 0.3 is 0 Å². The number of benzene rings is 3. The van der Waals surface area contributed by atoms with Crippen LogP contribution in [0, 0.1) is 20.8 Å². The van der Waals surface area contributed by atoms with Crippen LogP contribution in [-0.2, 0) is 26.2 Å². The van der Waals surface area contributed by atoms with Crippen LogP contribution in [0.15, 0.2) is 71.6 Å². The van der Waals surface area contributed by atoms with Crippen LogP contribution in [0.3, 0.4) is 0 Å². The third-order valence-electron chi connectivity index (χ3n) is 6.62. The van der Waals surface area contributed by atoms with E-state index in [9.17, 15) is 18.0 Å². The average molecular weight is 584 g/mol. The molecule has 0 saturated heterocycles. The van der Waals surface area contributed by atoms with Crippen LogP contribution in [-0.4, -0.2) is 43.8 Å². The minimum atomic E-state index is -4.16. The highest BCUT2D eigenvalue weighted by Crippen LogP contribution is 2.30. The summed E-state index contributed by atoms with van der Waals surface area (Å²) in [5.41, 5.74) is 3.75. The molecule has 0 radical (unpaired) electrons. The fourth-order valence-corrected chi connectivity index (χ4v) is 6.03. The topological polar surface area (TPSA) is 86.8 Å². The third kappa shape index (κ3) is 7.64. The molecule has 1 atom stereocenters. The van der Waals surface area contributed by atoms with E-state index in [4.69, 9.17) is 11.6 Å². The number of nitrogens with one attached hydrogen (secondary N) is 1. The normalized spacial score (nSPS) is 12.2. The third-order valence-corrected chi connectivity index (χ3v) is 8.63. The van der Waals surface area contributed by atoms with E-state index in [2.05, 4.69) is 5.32 Å². The smallest absolute Gasteiger partial charge is 0.264 e. The quantitative estimate of drug-likeness (QED) is 0.309. The Kier molecular flexibility index (Phi) is 10.4. The number of nitrogens with zero attached hydrogens (tertiary/aromatic N) is 2. The molecular weight excluding hydrogens is 546 g/mol.